The SMILES string of the molecule is CCCCc1ccc(C(=O)[O][Sn]([O]C(=O)c2ccc(CCCC)c(CCCC)c2CCCC)([O]C(=O)c2ccc(CCCC)c(CCCC)c2CCCC)[O]C(=O)c2ccc(CCCC)c(CCCC)c2CCCC)c(CCCC)c1CCCC. The molecule has 0 bridgehead atoms. The molecule has 4 aromatic rings. The van der Waals surface area contributed by atoms with Gasteiger partial charge in [-0.15, -0.1) is 0 Å². The van der Waals surface area contributed by atoms with Gasteiger partial charge < -0.3 is 0 Å². The van der Waals surface area contributed by atoms with Crippen LogP contribution >= 0.6 is 0 Å². The van der Waals surface area contributed by atoms with Gasteiger partial charge in [-0.25, -0.2) is 0 Å². The van der Waals surface area contributed by atoms with E-state index >= 15 is 19.2 Å². The summed E-state index contributed by atoms with van der Waals surface area (Å²) in [6.07, 6.45) is 32.1. The van der Waals surface area contributed by atoms with Gasteiger partial charge in [0.2, 0.25) is 0 Å². The Morgan fingerprint density at radius 3 is 0.553 bits per heavy atom. The van der Waals surface area contributed by atoms with Crippen molar-refractivity contribution in [1.82, 2.24) is 0 Å². The van der Waals surface area contributed by atoms with E-state index in [0.717, 1.165) is 250 Å². The summed E-state index contributed by atoms with van der Waals surface area (Å²) < 4.78 is 27.7. The van der Waals surface area contributed by atoms with Gasteiger partial charge in [-0.2, -0.15) is 0 Å². The van der Waals surface area contributed by atoms with Crippen LogP contribution in [0.2, 0.25) is 0 Å². The summed E-state index contributed by atoms with van der Waals surface area (Å²) in [5.74, 6) is -3.24. The standard InChI is InChI=1S/4C19H30O2.Sn/c4*1-4-7-10-15-13-14-18(19(20)21)17(12-9-6-3)16(15)11-8-5-2;/h4*13-14H,4-12H2,1-3H3,(H,20,21);/q;;;;+4/p-4. The Balaban J connectivity index is 2.24. The third kappa shape index (κ3) is 22.0. The third-order valence-electron chi connectivity index (χ3n) is 17.3. The van der Waals surface area contributed by atoms with Gasteiger partial charge in [0.1, 0.15) is 0 Å². The molecule has 0 N–H and O–H groups in total. The van der Waals surface area contributed by atoms with Crippen LogP contribution in [-0.4, -0.2) is 43.9 Å². The first kappa shape index (κ1) is 73.0. The molecular formula is C76H116O8Sn. The van der Waals surface area contributed by atoms with Crippen molar-refractivity contribution in [3.8, 4) is 0 Å². The van der Waals surface area contributed by atoms with Gasteiger partial charge in [-0.3, -0.25) is 0 Å². The van der Waals surface area contributed by atoms with Crippen molar-refractivity contribution in [2.75, 3.05) is 0 Å². The Kier molecular flexibility index (Phi) is 35.1. The molecule has 4 aromatic carbocycles. The van der Waals surface area contributed by atoms with Crippen molar-refractivity contribution in [2.45, 2.75) is 314 Å². The van der Waals surface area contributed by atoms with Gasteiger partial charge in [0.15, 0.2) is 0 Å². The fourth-order valence-corrected chi connectivity index (χ4v) is 16.7. The topological polar surface area (TPSA) is 105 Å². The van der Waals surface area contributed by atoms with Crippen molar-refractivity contribution in [3.63, 3.8) is 0 Å². The van der Waals surface area contributed by atoms with E-state index in [4.69, 9.17) is 12.3 Å². The van der Waals surface area contributed by atoms with Crippen LogP contribution in [0.1, 0.15) is 345 Å². The molecule has 0 heterocycles. The summed E-state index contributed by atoms with van der Waals surface area (Å²) in [4.78, 5) is 63.9. The molecule has 8 nitrogen and oxygen atoms in total. The predicted molar refractivity (Wildman–Crippen MR) is 357 cm³/mol. The molecule has 0 atom stereocenters. The fourth-order valence-electron chi connectivity index (χ4n) is 12.2. The molecule has 0 aliphatic heterocycles. The average Bonchev–Trinajstić information content (AvgIpc) is 3.64. The maximum absolute atomic E-state index is 16.0. The van der Waals surface area contributed by atoms with E-state index < -0.39 is 43.9 Å². The number of aryl methyl sites for hydroxylation is 4. The predicted octanol–water partition coefficient (Wildman–Crippen LogP) is 21.0. The number of benzene rings is 4. The van der Waals surface area contributed by atoms with Crippen LogP contribution < -0.4 is 0 Å². The Hall–Kier alpha value is -4.44. The van der Waals surface area contributed by atoms with Crippen LogP contribution in [0.15, 0.2) is 48.5 Å². The molecule has 0 aliphatic carbocycles. The molecule has 0 radical (unpaired) electrons. The first-order valence-corrected chi connectivity index (χ1v) is 39.5. The van der Waals surface area contributed by atoms with E-state index in [1.807, 2.05) is 24.3 Å². The number of hydrogen-bond donors (Lipinski definition) is 0. The van der Waals surface area contributed by atoms with Gasteiger partial charge in [-0.1, -0.05) is 0 Å². The van der Waals surface area contributed by atoms with Crippen molar-refractivity contribution in [3.05, 3.63) is 138 Å². The van der Waals surface area contributed by atoms with Gasteiger partial charge >= 0.3 is 527 Å². The van der Waals surface area contributed by atoms with Crippen LogP contribution in [0.4, 0.5) is 0 Å². The zero-order valence-corrected chi connectivity index (χ0v) is 58.7. The Labute approximate surface area is 523 Å². The second-order valence-electron chi connectivity index (χ2n) is 24.2. The second kappa shape index (κ2) is 40.9. The first-order valence-electron chi connectivity index (χ1n) is 34.8. The van der Waals surface area contributed by atoms with Gasteiger partial charge in [-0.05, 0) is 0 Å². The zero-order valence-electron chi connectivity index (χ0n) is 55.8. The van der Waals surface area contributed by atoms with Crippen molar-refractivity contribution in [2.24, 2.45) is 0 Å². The van der Waals surface area contributed by atoms with E-state index in [1.54, 1.807) is 0 Å². The van der Waals surface area contributed by atoms with E-state index in [-0.39, 0.29) is 0 Å². The third-order valence-corrected chi connectivity index (χ3v) is 22.3. The van der Waals surface area contributed by atoms with Gasteiger partial charge in [0, 0.05) is 0 Å². The molecule has 4 rings (SSSR count). The molecule has 0 aromatic heterocycles. The minimum absolute atomic E-state index is 0.325. The van der Waals surface area contributed by atoms with Crippen LogP contribution in [0.5, 0.6) is 0 Å². The Morgan fingerprint density at radius 1 is 0.235 bits per heavy atom. The number of carbonyl (C=O) groups excluding carboxylic acids is 4. The fraction of sp³-hybridized carbons (Fsp3) is 0.632. The summed E-state index contributed by atoms with van der Waals surface area (Å²) in [7, 11) is 0. The van der Waals surface area contributed by atoms with E-state index in [9.17, 15) is 0 Å². The molecule has 0 fully saturated rings. The van der Waals surface area contributed by atoms with Gasteiger partial charge in [0.05, 0.1) is 0 Å². The molecule has 472 valence electrons. The quantitative estimate of drug-likeness (QED) is 0.0403. The first-order chi connectivity index (χ1) is 41.3. The summed E-state index contributed by atoms with van der Waals surface area (Å²) in [6, 6.07) is 15.6. The normalized spacial score (nSPS) is 11.5. The molecule has 0 spiro atoms. The number of rotatable bonds is 44. The molecule has 0 saturated heterocycles. The summed E-state index contributed by atoms with van der Waals surface area (Å²) in [6.45, 7) is 26.2. The molecule has 0 aliphatic rings. The van der Waals surface area contributed by atoms with E-state index in [0.29, 0.717) is 47.9 Å². The van der Waals surface area contributed by atoms with Crippen LogP contribution in [0.25, 0.3) is 0 Å². The average molecular weight is 1280 g/mol. The summed E-state index contributed by atoms with van der Waals surface area (Å²) in [5.41, 5.74) is 14.4. The maximum atomic E-state index is 16.0. The monoisotopic (exact) mass is 1280 g/mol. The van der Waals surface area contributed by atoms with Crippen LogP contribution in [0.3, 0.4) is 0 Å². The number of unbranched alkanes of at least 4 members (excludes halogenated alkanes) is 12. The minimum atomic E-state index is -6.92. The van der Waals surface area contributed by atoms with E-state index in [2.05, 4.69) is 107 Å². The molecule has 0 saturated carbocycles. The van der Waals surface area contributed by atoms with Crippen molar-refractivity contribution < 1.29 is 31.5 Å². The van der Waals surface area contributed by atoms with Crippen molar-refractivity contribution in [1.29, 1.82) is 0 Å². The molecule has 9 heteroatoms. The molecule has 0 amide bonds. The number of hydrogen-bond acceptors (Lipinski definition) is 8. The summed E-state index contributed by atoms with van der Waals surface area (Å²) >= 11 is -6.92. The summed E-state index contributed by atoms with van der Waals surface area (Å²) in [5, 5.41) is 0. The van der Waals surface area contributed by atoms with Gasteiger partial charge in [0.25, 0.3) is 0 Å². The molecule has 85 heavy (non-hydrogen) atoms. The second-order valence-corrected chi connectivity index (χ2v) is 29.4. The Bertz CT molecular complexity index is 2300. The van der Waals surface area contributed by atoms with Crippen molar-refractivity contribution >= 4 is 43.9 Å². The molecule has 0 unspecified atom stereocenters. The Morgan fingerprint density at radius 2 is 0.388 bits per heavy atom. The van der Waals surface area contributed by atoms with Crippen LogP contribution in [0, 0.1) is 0 Å². The van der Waals surface area contributed by atoms with Crippen LogP contribution in [-0.2, 0) is 89.3 Å². The zero-order chi connectivity index (χ0) is 62.0. The molecular weight excluding hydrogens is 1160 g/mol. The number of carbonyl (C=O) groups is 4. The van der Waals surface area contributed by atoms with E-state index in [1.165, 1.54) is 22.3 Å².